The molecule has 2 aromatic carbocycles. The molecule has 33 heavy (non-hydrogen) atoms. The summed E-state index contributed by atoms with van der Waals surface area (Å²) < 4.78 is 0. The summed E-state index contributed by atoms with van der Waals surface area (Å²) in [6, 6.07) is 17.5. The third kappa shape index (κ3) is 4.22. The van der Waals surface area contributed by atoms with Gasteiger partial charge in [-0.05, 0) is 18.2 Å². The van der Waals surface area contributed by atoms with E-state index in [0.29, 0.717) is 35.2 Å². The summed E-state index contributed by atoms with van der Waals surface area (Å²) in [6.07, 6.45) is 5.58. The van der Waals surface area contributed by atoms with Crippen LogP contribution in [0.25, 0.3) is 33.4 Å². The van der Waals surface area contributed by atoms with Crippen LogP contribution in [0.5, 0.6) is 0 Å². The molecule has 3 aromatic heterocycles. The highest BCUT2D eigenvalue weighted by atomic mass is 35.5. The monoisotopic (exact) mass is 452 g/mol. The molecule has 0 aliphatic rings. The molecular formula is C24H17ClN8. The van der Waals surface area contributed by atoms with Gasteiger partial charge in [0.1, 0.15) is 12.4 Å². The van der Waals surface area contributed by atoms with Gasteiger partial charge in [-0.15, -0.1) is 0 Å². The van der Waals surface area contributed by atoms with Crippen molar-refractivity contribution in [2.45, 2.75) is 6.42 Å². The van der Waals surface area contributed by atoms with E-state index < -0.39 is 0 Å². The van der Waals surface area contributed by atoms with E-state index in [1.807, 2.05) is 48.5 Å². The second-order valence-corrected chi connectivity index (χ2v) is 7.67. The van der Waals surface area contributed by atoms with Crippen LogP contribution in [-0.4, -0.2) is 36.7 Å². The molecule has 0 atom stereocenters. The zero-order valence-corrected chi connectivity index (χ0v) is 18.1. The number of halogens is 1. The second-order valence-electron chi connectivity index (χ2n) is 7.27. The highest BCUT2D eigenvalue weighted by Crippen LogP contribution is 2.35. The van der Waals surface area contributed by atoms with Gasteiger partial charge >= 0.3 is 0 Å². The number of fused-ring (bicyclic) bond motifs is 1. The smallest absolute Gasteiger partial charge is 0.183 e. The number of aromatic amines is 1. The summed E-state index contributed by atoms with van der Waals surface area (Å²) in [7, 11) is 0. The second kappa shape index (κ2) is 9.02. The maximum atomic E-state index is 9.81. The van der Waals surface area contributed by atoms with E-state index in [1.165, 1.54) is 6.33 Å². The van der Waals surface area contributed by atoms with Gasteiger partial charge in [-0.3, -0.25) is 5.10 Å². The average Bonchev–Trinajstić information content (AvgIpc) is 3.34. The van der Waals surface area contributed by atoms with Crippen LogP contribution in [0.3, 0.4) is 0 Å². The molecule has 160 valence electrons. The molecule has 2 N–H and O–H groups in total. The lowest BCUT2D eigenvalue weighted by molar-refractivity contribution is 0.933. The van der Waals surface area contributed by atoms with Crippen molar-refractivity contribution in [3.63, 3.8) is 0 Å². The summed E-state index contributed by atoms with van der Waals surface area (Å²) in [4.78, 5) is 17.7. The van der Waals surface area contributed by atoms with Crippen LogP contribution in [-0.2, 0) is 6.42 Å². The van der Waals surface area contributed by atoms with Gasteiger partial charge in [0.25, 0.3) is 0 Å². The van der Waals surface area contributed by atoms with E-state index in [9.17, 15) is 5.26 Å². The number of H-pyrrole nitrogens is 1. The molecule has 5 aromatic rings. The normalized spacial score (nSPS) is 10.8. The van der Waals surface area contributed by atoms with Gasteiger partial charge in [-0.25, -0.2) is 19.9 Å². The Kier molecular flexibility index (Phi) is 5.62. The molecule has 0 aliphatic heterocycles. The summed E-state index contributed by atoms with van der Waals surface area (Å²) in [5.74, 6) is 0.421. The quantitative estimate of drug-likeness (QED) is 0.385. The molecule has 0 radical (unpaired) electrons. The van der Waals surface area contributed by atoms with E-state index in [-0.39, 0.29) is 5.69 Å². The van der Waals surface area contributed by atoms with Crippen LogP contribution in [0.1, 0.15) is 11.4 Å². The van der Waals surface area contributed by atoms with Crippen molar-refractivity contribution >= 4 is 28.3 Å². The Morgan fingerprint density at radius 3 is 2.67 bits per heavy atom. The van der Waals surface area contributed by atoms with Crippen molar-refractivity contribution < 1.29 is 0 Å². The first-order chi connectivity index (χ1) is 16.2. The summed E-state index contributed by atoms with van der Waals surface area (Å²) in [6.45, 7) is 0.542. The molecule has 5 rings (SSSR count). The summed E-state index contributed by atoms with van der Waals surface area (Å²) in [5.41, 5.74) is 4.71. The first-order valence-corrected chi connectivity index (χ1v) is 10.6. The van der Waals surface area contributed by atoms with Gasteiger partial charge in [0.2, 0.25) is 0 Å². The Bertz CT molecular complexity index is 1460. The number of aromatic nitrogens is 6. The number of hydrogen-bond acceptors (Lipinski definition) is 7. The van der Waals surface area contributed by atoms with Crippen LogP contribution < -0.4 is 5.32 Å². The highest BCUT2D eigenvalue weighted by Gasteiger charge is 2.18. The Morgan fingerprint density at radius 2 is 1.88 bits per heavy atom. The fraction of sp³-hybridized carbons (Fsp3) is 0.0833. The number of anilines is 1. The third-order valence-corrected chi connectivity index (χ3v) is 5.44. The molecule has 3 heterocycles. The van der Waals surface area contributed by atoms with Crippen LogP contribution >= 0.6 is 11.6 Å². The Morgan fingerprint density at radius 1 is 1.03 bits per heavy atom. The maximum absolute atomic E-state index is 9.81. The SMILES string of the molecule is N#Cc1nc(-c2cc(Cl)c3[nH]ncc3c2)c(-c2ccccc2)nc1NCCc1ccncn1. The summed E-state index contributed by atoms with van der Waals surface area (Å²) in [5, 5.41) is 21.4. The van der Waals surface area contributed by atoms with Crippen LogP contribution in [0.2, 0.25) is 5.02 Å². The third-order valence-electron chi connectivity index (χ3n) is 5.14. The minimum Gasteiger partial charge on any atom is -0.367 e. The van der Waals surface area contributed by atoms with Crippen molar-refractivity contribution in [1.29, 1.82) is 5.26 Å². The number of hydrogen-bond donors (Lipinski definition) is 2. The zero-order chi connectivity index (χ0) is 22.6. The molecular weight excluding hydrogens is 436 g/mol. The predicted molar refractivity (Wildman–Crippen MR) is 127 cm³/mol. The highest BCUT2D eigenvalue weighted by molar-refractivity contribution is 6.35. The number of nitrogens with one attached hydrogen (secondary N) is 2. The Labute approximate surface area is 194 Å². The number of rotatable bonds is 6. The van der Waals surface area contributed by atoms with Crippen molar-refractivity contribution in [2.75, 3.05) is 11.9 Å². The van der Waals surface area contributed by atoms with Crippen molar-refractivity contribution in [3.05, 3.63) is 83.7 Å². The van der Waals surface area contributed by atoms with Gasteiger partial charge < -0.3 is 5.32 Å². The van der Waals surface area contributed by atoms with Gasteiger partial charge in [0.05, 0.1) is 28.1 Å². The fourth-order valence-electron chi connectivity index (χ4n) is 3.56. The van der Waals surface area contributed by atoms with Gasteiger partial charge in [0.15, 0.2) is 11.5 Å². The largest absolute Gasteiger partial charge is 0.367 e. The number of nitriles is 1. The van der Waals surface area contributed by atoms with Crippen LogP contribution in [0.4, 0.5) is 5.82 Å². The lowest BCUT2D eigenvalue weighted by Crippen LogP contribution is -2.11. The molecule has 0 aliphatic carbocycles. The molecule has 0 unspecified atom stereocenters. The lowest BCUT2D eigenvalue weighted by atomic mass is 10.0. The number of benzene rings is 2. The van der Waals surface area contributed by atoms with E-state index in [1.54, 1.807) is 12.4 Å². The molecule has 9 heteroatoms. The topological polar surface area (TPSA) is 116 Å². The van der Waals surface area contributed by atoms with E-state index >= 15 is 0 Å². The van der Waals surface area contributed by atoms with Gasteiger partial charge in [-0.2, -0.15) is 10.4 Å². The zero-order valence-electron chi connectivity index (χ0n) is 17.3. The van der Waals surface area contributed by atoms with Crippen LogP contribution in [0, 0.1) is 11.3 Å². The average molecular weight is 453 g/mol. The first kappa shape index (κ1) is 20.5. The van der Waals surface area contributed by atoms with Gasteiger partial charge in [-0.1, -0.05) is 41.9 Å². The Balaban J connectivity index is 1.58. The van der Waals surface area contributed by atoms with Crippen molar-refractivity contribution in [1.82, 2.24) is 30.1 Å². The van der Waals surface area contributed by atoms with Gasteiger partial charge in [0, 0.05) is 41.4 Å². The standard InChI is InChI=1S/C24H17ClN8/c25-19-11-16(10-17-13-30-33-21(17)19)23-22(15-4-2-1-3-5-15)32-24(20(12-26)31-23)28-9-7-18-6-8-27-14-29-18/h1-6,8,10-11,13-14H,7,9H2,(H,28,32)(H,30,33). The maximum Gasteiger partial charge on any atom is 0.183 e. The molecule has 0 amide bonds. The summed E-state index contributed by atoms with van der Waals surface area (Å²) >= 11 is 6.48. The molecule has 0 bridgehead atoms. The molecule has 0 fully saturated rings. The molecule has 0 saturated carbocycles. The van der Waals surface area contributed by atoms with Crippen LogP contribution in [0.15, 0.2) is 67.3 Å². The van der Waals surface area contributed by atoms with Crippen molar-refractivity contribution in [3.8, 4) is 28.6 Å². The minimum absolute atomic E-state index is 0.204. The fourth-order valence-corrected chi connectivity index (χ4v) is 3.83. The van der Waals surface area contributed by atoms with E-state index in [2.05, 4.69) is 31.6 Å². The first-order valence-electron chi connectivity index (χ1n) is 10.2. The lowest BCUT2D eigenvalue weighted by Gasteiger charge is -2.14. The van der Waals surface area contributed by atoms with E-state index in [4.69, 9.17) is 21.6 Å². The molecule has 8 nitrogen and oxygen atoms in total. The Hall–Kier alpha value is -4.35. The van der Waals surface area contributed by atoms with E-state index in [0.717, 1.165) is 27.7 Å². The number of nitrogens with zero attached hydrogens (tertiary/aromatic N) is 6. The molecule has 0 spiro atoms. The predicted octanol–water partition coefficient (Wildman–Crippen LogP) is 4.66. The molecule has 0 saturated heterocycles. The minimum atomic E-state index is 0.204. The van der Waals surface area contributed by atoms with Crippen molar-refractivity contribution in [2.24, 2.45) is 0 Å².